The van der Waals surface area contributed by atoms with Crippen LogP contribution in [0.5, 0.6) is 0 Å². The van der Waals surface area contributed by atoms with E-state index in [4.69, 9.17) is 11.6 Å². The van der Waals surface area contributed by atoms with Crippen LogP contribution in [0.2, 0.25) is 5.02 Å². The van der Waals surface area contributed by atoms with Crippen LogP contribution in [-0.4, -0.2) is 63.7 Å². The summed E-state index contributed by atoms with van der Waals surface area (Å²) in [5.74, 6) is -4.60. The fourth-order valence-electron chi connectivity index (χ4n) is 6.67. The van der Waals surface area contributed by atoms with Crippen LogP contribution in [0.25, 0.3) is 5.57 Å². The quantitative estimate of drug-likeness (QED) is 0.399. The third-order valence-electron chi connectivity index (χ3n) is 9.12. The summed E-state index contributed by atoms with van der Waals surface area (Å²) in [6.45, 7) is 4.06. The zero-order chi connectivity index (χ0) is 31.4. The van der Waals surface area contributed by atoms with Crippen molar-refractivity contribution in [2.24, 2.45) is 5.41 Å². The number of hydrogen-bond acceptors (Lipinski definition) is 5. The molecule has 2 saturated heterocycles. The SMILES string of the molecule is CC1(C)CCC(C(=O)N2CC[C@H](Sc3ccc4c(c3)CN(C3CCC(=O)NC3=O)C4=O)C(F)(F)C2)=C(c2ccc(Cl)cc2)C1. The number of carbonyl (C=O) groups is 4. The average molecular weight is 642 g/mol. The minimum absolute atomic E-state index is 0.00824. The summed E-state index contributed by atoms with van der Waals surface area (Å²) < 4.78 is 31.3. The van der Waals surface area contributed by atoms with Crippen LogP contribution in [0, 0.1) is 5.41 Å². The molecule has 0 bridgehead atoms. The molecule has 7 nitrogen and oxygen atoms in total. The van der Waals surface area contributed by atoms with E-state index in [1.54, 1.807) is 30.3 Å². The van der Waals surface area contributed by atoms with Crippen LogP contribution in [0.1, 0.15) is 73.9 Å². The summed E-state index contributed by atoms with van der Waals surface area (Å²) in [4.78, 5) is 54.0. The molecule has 0 radical (unpaired) electrons. The normalized spacial score (nSPS) is 24.8. The fourth-order valence-corrected chi connectivity index (χ4v) is 7.95. The van der Waals surface area contributed by atoms with Crippen molar-refractivity contribution in [1.29, 1.82) is 0 Å². The smallest absolute Gasteiger partial charge is 0.277 e. The first kappa shape index (κ1) is 30.8. The number of hydrogen-bond donors (Lipinski definition) is 1. The molecule has 1 unspecified atom stereocenters. The Balaban J connectivity index is 1.15. The van der Waals surface area contributed by atoms with Crippen molar-refractivity contribution < 1.29 is 28.0 Å². The summed E-state index contributed by atoms with van der Waals surface area (Å²) in [6.07, 6.45) is 2.55. The number of thioether (sulfide) groups is 1. The predicted octanol–water partition coefficient (Wildman–Crippen LogP) is 6.09. The number of alkyl halides is 2. The van der Waals surface area contributed by atoms with Crippen LogP contribution < -0.4 is 5.32 Å². The lowest BCUT2D eigenvalue weighted by Crippen LogP contribution is -2.52. The van der Waals surface area contributed by atoms with Gasteiger partial charge >= 0.3 is 0 Å². The van der Waals surface area contributed by atoms with Crippen LogP contribution in [-0.2, 0) is 20.9 Å². The highest BCUT2D eigenvalue weighted by Gasteiger charge is 2.47. The van der Waals surface area contributed by atoms with Gasteiger partial charge in [0, 0.05) is 40.6 Å². The van der Waals surface area contributed by atoms with E-state index in [-0.39, 0.29) is 55.5 Å². The Bertz CT molecular complexity index is 1580. The first-order valence-electron chi connectivity index (χ1n) is 14.9. The number of likely N-dealkylation sites (tertiary alicyclic amines) is 1. The van der Waals surface area contributed by atoms with Crippen LogP contribution >= 0.6 is 23.4 Å². The van der Waals surface area contributed by atoms with Gasteiger partial charge in [0.25, 0.3) is 11.8 Å². The zero-order valence-corrected chi connectivity index (χ0v) is 26.2. The molecular weight excluding hydrogens is 608 g/mol. The zero-order valence-electron chi connectivity index (χ0n) is 24.6. The number of amides is 4. The number of piperidine rings is 2. The second-order valence-electron chi connectivity index (χ2n) is 12.9. The molecule has 4 amide bonds. The Kier molecular flexibility index (Phi) is 8.11. The number of carbonyl (C=O) groups excluding carboxylic acids is 4. The number of rotatable bonds is 5. The van der Waals surface area contributed by atoms with Gasteiger partial charge in [0.15, 0.2) is 0 Å². The van der Waals surface area contributed by atoms with Crippen molar-refractivity contribution in [2.45, 2.75) is 81.0 Å². The fraction of sp³-hybridized carbons (Fsp3) is 0.455. The minimum atomic E-state index is -3.12. The van der Waals surface area contributed by atoms with Crippen molar-refractivity contribution in [1.82, 2.24) is 15.1 Å². The largest absolute Gasteiger partial charge is 0.333 e. The van der Waals surface area contributed by atoms with Gasteiger partial charge < -0.3 is 9.80 Å². The van der Waals surface area contributed by atoms with E-state index < -0.39 is 29.7 Å². The number of benzene rings is 2. The maximum Gasteiger partial charge on any atom is 0.277 e. The highest BCUT2D eigenvalue weighted by Crippen LogP contribution is 2.45. The molecule has 0 aromatic heterocycles. The van der Waals surface area contributed by atoms with E-state index in [9.17, 15) is 19.2 Å². The standard InChI is InChI=1S/C33H34ClF2N3O4S/c1-32(2)13-11-24(25(16-32)19-3-5-21(34)6-4-19)30(42)38-14-12-27(33(35,36)18-38)44-22-7-8-23-20(15-22)17-39(31(23)43)26-9-10-28(40)37-29(26)41/h3-8,15,26-27H,9-14,16-18H2,1-2H3,(H,37,40,41)/t26?,27-/m0/s1. The molecule has 44 heavy (non-hydrogen) atoms. The van der Waals surface area contributed by atoms with Gasteiger partial charge in [0.1, 0.15) is 6.04 Å². The van der Waals surface area contributed by atoms with Gasteiger partial charge in [-0.3, -0.25) is 24.5 Å². The summed E-state index contributed by atoms with van der Waals surface area (Å²) in [5.41, 5.74) is 3.51. The van der Waals surface area contributed by atoms with E-state index in [2.05, 4.69) is 19.2 Å². The van der Waals surface area contributed by atoms with E-state index in [0.717, 1.165) is 29.3 Å². The molecule has 2 aromatic rings. The first-order chi connectivity index (χ1) is 20.8. The molecule has 0 spiro atoms. The predicted molar refractivity (Wildman–Crippen MR) is 164 cm³/mol. The highest BCUT2D eigenvalue weighted by atomic mass is 35.5. The topological polar surface area (TPSA) is 86.8 Å². The van der Waals surface area contributed by atoms with Crippen LogP contribution in [0.15, 0.2) is 52.9 Å². The highest BCUT2D eigenvalue weighted by molar-refractivity contribution is 8.00. The van der Waals surface area contributed by atoms with E-state index in [0.29, 0.717) is 39.5 Å². The molecule has 1 N–H and O–H groups in total. The maximum absolute atomic E-state index is 15.7. The van der Waals surface area contributed by atoms with Gasteiger partial charge in [-0.25, -0.2) is 8.78 Å². The number of nitrogens with zero attached hydrogens (tertiary/aromatic N) is 2. The molecule has 2 atom stereocenters. The van der Waals surface area contributed by atoms with Gasteiger partial charge in [-0.15, -0.1) is 11.8 Å². The number of nitrogens with one attached hydrogen (secondary N) is 1. The Hall–Kier alpha value is -3.24. The first-order valence-corrected chi connectivity index (χ1v) is 16.2. The van der Waals surface area contributed by atoms with Crippen LogP contribution in [0.3, 0.4) is 0 Å². The molecule has 3 heterocycles. The minimum Gasteiger partial charge on any atom is -0.333 e. The summed E-state index contributed by atoms with van der Waals surface area (Å²) in [5, 5.41) is 1.84. The van der Waals surface area contributed by atoms with Crippen molar-refractivity contribution in [2.75, 3.05) is 13.1 Å². The van der Waals surface area contributed by atoms with Gasteiger partial charge in [-0.2, -0.15) is 0 Å². The van der Waals surface area contributed by atoms with Gasteiger partial charge in [-0.05, 0) is 84.6 Å². The van der Waals surface area contributed by atoms with Gasteiger partial charge in [0.2, 0.25) is 17.7 Å². The molecule has 6 rings (SSSR count). The molecule has 2 aromatic carbocycles. The number of allylic oxidation sites excluding steroid dienone is 1. The summed E-state index contributed by atoms with van der Waals surface area (Å²) in [6, 6.07) is 11.6. The second kappa shape index (κ2) is 11.6. The Morgan fingerprint density at radius 3 is 2.50 bits per heavy atom. The summed E-state index contributed by atoms with van der Waals surface area (Å²) >= 11 is 7.15. The monoisotopic (exact) mass is 641 g/mol. The molecule has 3 aliphatic heterocycles. The van der Waals surface area contributed by atoms with Crippen molar-refractivity contribution in [3.63, 3.8) is 0 Å². The van der Waals surface area contributed by atoms with Crippen LogP contribution in [0.4, 0.5) is 8.78 Å². The maximum atomic E-state index is 15.7. The Labute approximate surface area is 264 Å². The van der Waals surface area contributed by atoms with Gasteiger partial charge in [0.05, 0.1) is 11.8 Å². The number of fused-ring (bicyclic) bond motifs is 1. The molecular formula is C33H34ClF2N3O4S. The lowest BCUT2D eigenvalue weighted by atomic mass is 9.72. The molecule has 232 valence electrons. The van der Waals surface area contributed by atoms with E-state index in [1.165, 1.54) is 9.80 Å². The number of imide groups is 1. The molecule has 2 fully saturated rings. The van der Waals surface area contributed by atoms with Crippen molar-refractivity contribution in [3.05, 3.63) is 69.8 Å². The summed E-state index contributed by atoms with van der Waals surface area (Å²) in [7, 11) is 0. The number of halogens is 3. The van der Waals surface area contributed by atoms with Gasteiger partial charge in [-0.1, -0.05) is 37.6 Å². The molecule has 1 aliphatic carbocycles. The molecule has 0 saturated carbocycles. The third kappa shape index (κ3) is 6.03. The van der Waals surface area contributed by atoms with E-state index in [1.807, 2.05) is 12.1 Å². The van der Waals surface area contributed by atoms with E-state index >= 15 is 8.78 Å². The van der Waals surface area contributed by atoms with Crippen molar-refractivity contribution >= 4 is 52.6 Å². The Morgan fingerprint density at radius 2 is 1.80 bits per heavy atom. The average Bonchev–Trinajstić information content (AvgIpc) is 3.28. The molecule has 11 heteroatoms. The molecule has 4 aliphatic rings. The lowest BCUT2D eigenvalue weighted by Gasteiger charge is -2.40. The lowest BCUT2D eigenvalue weighted by molar-refractivity contribution is -0.137. The third-order valence-corrected chi connectivity index (χ3v) is 10.8. The van der Waals surface area contributed by atoms with Crippen molar-refractivity contribution in [3.8, 4) is 0 Å². The Morgan fingerprint density at radius 1 is 1.05 bits per heavy atom. The second-order valence-corrected chi connectivity index (χ2v) is 14.6.